The molecule has 0 unspecified atom stereocenters. The molecule has 0 radical (unpaired) electrons. The third kappa shape index (κ3) is 3.49. The summed E-state index contributed by atoms with van der Waals surface area (Å²) in [4.78, 5) is 11.8. The Morgan fingerprint density at radius 2 is 1.42 bits per heavy atom. The first kappa shape index (κ1) is 15.9. The second kappa shape index (κ2) is 6.63. The Bertz CT molecular complexity index is 912. The Kier molecular flexibility index (Phi) is 4.39. The van der Waals surface area contributed by atoms with Gasteiger partial charge in [0.05, 0.1) is 7.11 Å². The molecule has 24 heavy (non-hydrogen) atoms. The summed E-state index contributed by atoms with van der Waals surface area (Å²) in [6, 6.07) is 12.4. The molecule has 122 valence electrons. The first-order valence-electron chi connectivity index (χ1n) is 6.89. The lowest BCUT2D eigenvalue weighted by atomic mass is 10.2. The van der Waals surface area contributed by atoms with Crippen molar-refractivity contribution in [1.82, 2.24) is 15.0 Å². The van der Waals surface area contributed by atoms with Crippen LogP contribution in [0.15, 0.2) is 66.1 Å². The van der Waals surface area contributed by atoms with Crippen LogP contribution in [0.25, 0.3) is 11.4 Å². The summed E-state index contributed by atoms with van der Waals surface area (Å²) in [6.07, 6.45) is 2.78. The van der Waals surface area contributed by atoms with Gasteiger partial charge in [0.1, 0.15) is 29.0 Å². The van der Waals surface area contributed by atoms with Crippen LogP contribution in [0.3, 0.4) is 0 Å². The van der Waals surface area contributed by atoms with Crippen molar-refractivity contribution in [3.05, 3.63) is 61.2 Å². The Hall–Kier alpha value is -3.00. The van der Waals surface area contributed by atoms with Gasteiger partial charge in [-0.05, 0) is 48.5 Å². The summed E-state index contributed by atoms with van der Waals surface area (Å²) in [5.41, 5.74) is 0.728. The fourth-order valence-electron chi connectivity index (χ4n) is 1.97. The molecule has 0 bridgehead atoms. The van der Waals surface area contributed by atoms with Gasteiger partial charge in [0.2, 0.25) is 0 Å². The monoisotopic (exact) mass is 343 g/mol. The van der Waals surface area contributed by atoms with E-state index in [0.717, 1.165) is 5.56 Å². The lowest BCUT2D eigenvalue weighted by Gasteiger charge is -2.08. The largest absolute Gasteiger partial charge is 0.497 e. The van der Waals surface area contributed by atoms with Crippen molar-refractivity contribution < 1.29 is 17.3 Å². The molecular weight excluding hydrogens is 330 g/mol. The van der Waals surface area contributed by atoms with Crippen molar-refractivity contribution in [2.75, 3.05) is 7.11 Å². The molecule has 0 N–H and O–H groups in total. The minimum absolute atomic E-state index is 0.0462. The summed E-state index contributed by atoms with van der Waals surface area (Å²) in [7, 11) is -2.40. The number of benzene rings is 2. The maximum absolute atomic E-state index is 12.3. The van der Waals surface area contributed by atoms with E-state index in [9.17, 15) is 8.42 Å². The number of aromatic nitrogens is 3. The average Bonchev–Trinajstić information content (AvgIpc) is 2.63. The topological polar surface area (TPSA) is 91.3 Å². The molecule has 1 heterocycles. The standard InChI is InChI=1S/C16H13N3O4S/c1-22-13-6-8-15(9-7-13)24(20,21)23-14-4-2-12(3-5-14)16-18-10-17-11-19-16/h2-11H,1H3. The number of ether oxygens (including phenoxy) is 1. The molecule has 0 aliphatic heterocycles. The highest BCUT2D eigenvalue weighted by Gasteiger charge is 2.16. The highest BCUT2D eigenvalue weighted by atomic mass is 32.2. The van der Waals surface area contributed by atoms with Gasteiger partial charge in [0, 0.05) is 5.56 Å². The first-order chi connectivity index (χ1) is 11.6. The van der Waals surface area contributed by atoms with E-state index in [4.69, 9.17) is 8.92 Å². The van der Waals surface area contributed by atoms with E-state index >= 15 is 0 Å². The van der Waals surface area contributed by atoms with Gasteiger partial charge in [-0.3, -0.25) is 0 Å². The van der Waals surface area contributed by atoms with E-state index < -0.39 is 10.1 Å². The number of rotatable bonds is 5. The van der Waals surface area contributed by atoms with Crippen LogP contribution in [0, 0.1) is 0 Å². The number of hydrogen-bond acceptors (Lipinski definition) is 7. The number of methoxy groups -OCH3 is 1. The van der Waals surface area contributed by atoms with Gasteiger partial charge in [-0.2, -0.15) is 8.42 Å². The number of nitrogens with zero attached hydrogens (tertiary/aromatic N) is 3. The zero-order valence-corrected chi connectivity index (χ0v) is 13.5. The van der Waals surface area contributed by atoms with Crippen LogP contribution in [0.1, 0.15) is 0 Å². The second-order valence-electron chi connectivity index (χ2n) is 4.70. The van der Waals surface area contributed by atoms with E-state index in [1.165, 1.54) is 31.9 Å². The normalized spacial score (nSPS) is 11.0. The van der Waals surface area contributed by atoms with Crippen molar-refractivity contribution in [3.8, 4) is 22.9 Å². The minimum atomic E-state index is -3.91. The molecule has 7 nitrogen and oxygen atoms in total. The number of hydrogen-bond donors (Lipinski definition) is 0. The molecule has 0 fully saturated rings. The van der Waals surface area contributed by atoms with E-state index in [2.05, 4.69) is 15.0 Å². The lowest BCUT2D eigenvalue weighted by molar-refractivity contribution is 0.414. The van der Waals surface area contributed by atoms with Crippen molar-refractivity contribution in [1.29, 1.82) is 0 Å². The molecule has 3 aromatic rings. The molecule has 8 heteroatoms. The molecule has 0 amide bonds. The minimum Gasteiger partial charge on any atom is -0.497 e. The Balaban J connectivity index is 1.79. The summed E-state index contributed by atoms with van der Waals surface area (Å²) < 4.78 is 34.7. The quantitative estimate of drug-likeness (QED) is 0.656. The Morgan fingerprint density at radius 1 is 0.833 bits per heavy atom. The van der Waals surface area contributed by atoms with Crippen molar-refractivity contribution in [3.63, 3.8) is 0 Å². The molecular formula is C16H13N3O4S. The molecule has 0 saturated carbocycles. The highest BCUT2D eigenvalue weighted by Crippen LogP contribution is 2.23. The van der Waals surface area contributed by atoms with Gasteiger partial charge in [0.25, 0.3) is 0 Å². The van der Waals surface area contributed by atoms with Crippen LogP contribution in [0.2, 0.25) is 0 Å². The summed E-state index contributed by atoms with van der Waals surface area (Å²) in [5.74, 6) is 1.26. The molecule has 0 atom stereocenters. The van der Waals surface area contributed by atoms with Crippen LogP contribution >= 0.6 is 0 Å². The molecule has 0 saturated heterocycles. The molecule has 2 aromatic carbocycles. The van der Waals surface area contributed by atoms with E-state index in [1.54, 1.807) is 36.4 Å². The van der Waals surface area contributed by atoms with Gasteiger partial charge in [0.15, 0.2) is 5.82 Å². The van der Waals surface area contributed by atoms with Crippen LogP contribution in [-0.4, -0.2) is 30.5 Å². The molecule has 0 aliphatic rings. The van der Waals surface area contributed by atoms with Crippen molar-refractivity contribution in [2.24, 2.45) is 0 Å². The van der Waals surface area contributed by atoms with Gasteiger partial charge in [-0.25, -0.2) is 15.0 Å². The molecule has 0 aliphatic carbocycles. The van der Waals surface area contributed by atoms with E-state index in [-0.39, 0.29) is 10.6 Å². The lowest BCUT2D eigenvalue weighted by Crippen LogP contribution is -2.09. The summed E-state index contributed by atoms with van der Waals surface area (Å²) in [6.45, 7) is 0. The summed E-state index contributed by atoms with van der Waals surface area (Å²) >= 11 is 0. The zero-order chi connectivity index (χ0) is 17.0. The first-order valence-corrected chi connectivity index (χ1v) is 8.30. The van der Waals surface area contributed by atoms with Crippen molar-refractivity contribution in [2.45, 2.75) is 4.90 Å². The maximum atomic E-state index is 12.3. The fourth-order valence-corrected chi connectivity index (χ4v) is 2.90. The predicted molar refractivity (Wildman–Crippen MR) is 86.1 cm³/mol. The second-order valence-corrected chi connectivity index (χ2v) is 6.25. The van der Waals surface area contributed by atoms with Crippen LogP contribution in [0.4, 0.5) is 0 Å². The Labute approximate surface area is 139 Å². The molecule has 0 spiro atoms. The van der Waals surface area contributed by atoms with Gasteiger partial charge in [-0.15, -0.1) is 0 Å². The van der Waals surface area contributed by atoms with Crippen molar-refractivity contribution >= 4 is 10.1 Å². The van der Waals surface area contributed by atoms with Crippen LogP contribution in [-0.2, 0) is 10.1 Å². The zero-order valence-electron chi connectivity index (χ0n) is 12.7. The maximum Gasteiger partial charge on any atom is 0.339 e. The third-order valence-electron chi connectivity index (χ3n) is 3.16. The SMILES string of the molecule is COc1ccc(S(=O)(=O)Oc2ccc(-c3ncncn3)cc2)cc1. The van der Waals surface area contributed by atoms with Gasteiger partial charge < -0.3 is 8.92 Å². The Morgan fingerprint density at radius 3 is 2.00 bits per heavy atom. The fraction of sp³-hybridized carbons (Fsp3) is 0.0625. The predicted octanol–water partition coefficient (Wildman–Crippen LogP) is 2.31. The molecule has 1 aromatic heterocycles. The van der Waals surface area contributed by atoms with Crippen LogP contribution in [0.5, 0.6) is 11.5 Å². The van der Waals surface area contributed by atoms with Gasteiger partial charge >= 0.3 is 10.1 Å². The van der Waals surface area contributed by atoms with E-state index in [0.29, 0.717) is 11.6 Å². The van der Waals surface area contributed by atoms with E-state index in [1.807, 2.05) is 0 Å². The highest BCUT2D eigenvalue weighted by molar-refractivity contribution is 7.87. The van der Waals surface area contributed by atoms with Gasteiger partial charge in [-0.1, -0.05) is 0 Å². The average molecular weight is 343 g/mol. The molecule has 3 rings (SSSR count). The summed E-state index contributed by atoms with van der Waals surface area (Å²) in [5, 5.41) is 0. The van der Waals surface area contributed by atoms with Crippen LogP contribution < -0.4 is 8.92 Å². The third-order valence-corrected chi connectivity index (χ3v) is 4.42. The smallest absolute Gasteiger partial charge is 0.339 e.